The normalized spacial score (nSPS) is 11.0. The van der Waals surface area contributed by atoms with Crippen molar-refractivity contribution >= 4 is 23.3 Å². The number of nitrogens with one attached hydrogen (secondary N) is 1. The van der Waals surface area contributed by atoms with Gasteiger partial charge in [-0.15, -0.1) is 11.3 Å². The first-order valence-electron chi connectivity index (χ1n) is 7.14. The van der Waals surface area contributed by atoms with Crippen molar-refractivity contribution in [2.24, 2.45) is 7.05 Å². The summed E-state index contributed by atoms with van der Waals surface area (Å²) in [4.78, 5) is 17.2. The number of nitrogens with zero attached hydrogens (tertiary/aromatic N) is 3. The predicted molar refractivity (Wildman–Crippen MR) is 91.6 cm³/mol. The molecule has 3 aromatic rings. The number of hydrogen-bond acceptors (Lipinski definition) is 4. The molecular weight excluding hydrogens is 308 g/mol. The van der Waals surface area contributed by atoms with Crippen LogP contribution in [0.2, 0.25) is 0 Å². The van der Waals surface area contributed by atoms with E-state index in [1.165, 1.54) is 0 Å². The quantitative estimate of drug-likeness (QED) is 0.734. The summed E-state index contributed by atoms with van der Waals surface area (Å²) in [6.07, 6.45) is 8.82. The first-order valence-corrected chi connectivity index (χ1v) is 8.02. The molecule has 0 aromatic carbocycles. The molecule has 23 heavy (non-hydrogen) atoms. The average Bonchev–Trinajstić information content (AvgIpc) is 3.23. The van der Waals surface area contributed by atoms with Gasteiger partial charge in [0.2, 0.25) is 5.91 Å². The lowest BCUT2D eigenvalue weighted by molar-refractivity contribution is -0.116. The first-order chi connectivity index (χ1) is 11.2. The Morgan fingerprint density at radius 3 is 2.91 bits per heavy atom. The summed E-state index contributed by atoms with van der Waals surface area (Å²) in [5.74, 6) is -0.116. The van der Waals surface area contributed by atoms with Crippen molar-refractivity contribution < 1.29 is 4.79 Å². The molecule has 116 valence electrons. The third-order valence-corrected chi connectivity index (χ3v) is 4.07. The molecule has 0 atom stereocenters. The van der Waals surface area contributed by atoms with Crippen LogP contribution in [-0.4, -0.2) is 20.7 Å². The zero-order valence-electron chi connectivity index (χ0n) is 12.6. The molecule has 0 aliphatic rings. The SMILES string of the molecule is Cn1cc(-c2ccc(CNC(=O)C=Cc3cccs3)cn2)cn1. The van der Waals surface area contributed by atoms with Crippen molar-refractivity contribution in [1.82, 2.24) is 20.1 Å². The van der Waals surface area contributed by atoms with Crippen LogP contribution in [0.3, 0.4) is 0 Å². The molecule has 3 heterocycles. The number of rotatable bonds is 5. The van der Waals surface area contributed by atoms with Gasteiger partial charge in [-0.05, 0) is 29.2 Å². The Kier molecular flexibility index (Phi) is 4.63. The van der Waals surface area contributed by atoms with Gasteiger partial charge in [0.1, 0.15) is 0 Å². The van der Waals surface area contributed by atoms with Crippen molar-refractivity contribution in [2.75, 3.05) is 0 Å². The predicted octanol–water partition coefficient (Wildman–Crippen LogP) is 2.87. The van der Waals surface area contributed by atoms with Crippen molar-refractivity contribution in [3.05, 3.63) is 64.8 Å². The molecule has 0 radical (unpaired) electrons. The minimum Gasteiger partial charge on any atom is -0.348 e. The van der Waals surface area contributed by atoms with Gasteiger partial charge in [-0.25, -0.2) is 0 Å². The van der Waals surface area contributed by atoms with Gasteiger partial charge in [0.05, 0.1) is 11.9 Å². The van der Waals surface area contributed by atoms with Crippen LogP contribution in [0.1, 0.15) is 10.4 Å². The molecule has 0 aliphatic heterocycles. The fourth-order valence-corrected chi connectivity index (χ4v) is 2.66. The van der Waals surface area contributed by atoms with Crippen LogP contribution in [-0.2, 0) is 18.4 Å². The zero-order chi connectivity index (χ0) is 16.1. The Morgan fingerprint density at radius 2 is 2.26 bits per heavy atom. The molecule has 0 unspecified atom stereocenters. The maximum Gasteiger partial charge on any atom is 0.244 e. The van der Waals surface area contributed by atoms with E-state index in [9.17, 15) is 4.79 Å². The Labute approximate surface area is 138 Å². The molecule has 3 rings (SSSR count). The van der Waals surface area contributed by atoms with Crippen molar-refractivity contribution in [3.63, 3.8) is 0 Å². The molecule has 1 N–H and O–H groups in total. The Balaban J connectivity index is 1.55. The van der Waals surface area contributed by atoms with Crippen molar-refractivity contribution in [2.45, 2.75) is 6.54 Å². The number of pyridine rings is 1. The lowest BCUT2D eigenvalue weighted by Crippen LogP contribution is -2.20. The summed E-state index contributed by atoms with van der Waals surface area (Å²) in [6.45, 7) is 0.452. The second kappa shape index (κ2) is 7.02. The molecule has 0 saturated carbocycles. The summed E-state index contributed by atoms with van der Waals surface area (Å²) in [6, 6.07) is 7.81. The number of aromatic nitrogens is 3. The molecule has 3 aromatic heterocycles. The highest BCUT2D eigenvalue weighted by Crippen LogP contribution is 2.15. The number of aryl methyl sites for hydroxylation is 1. The van der Waals surface area contributed by atoms with Crippen LogP contribution in [0.25, 0.3) is 17.3 Å². The van der Waals surface area contributed by atoms with Crippen LogP contribution in [0, 0.1) is 0 Å². The van der Waals surface area contributed by atoms with Crippen LogP contribution < -0.4 is 5.32 Å². The van der Waals surface area contributed by atoms with Crippen molar-refractivity contribution in [1.29, 1.82) is 0 Å². The number of carbonyl (C=O) groups excluding carboxylic acids is 1. The summed E-state index contributed by atoms with van der Waals surface area (Å²) < 4.78 is 1.74. The number of thiophene rings is 1. The lowest BCUT2D eigenvalue weighted by Gasteiger charge is -2.03. The van der Waals surface area contributed by atoms with Gasteiger partial charge in [0, 0.05) is 42.5 Å². The third kappa shape index (κ3) is 4.14. The Hall–Kier alpha value is -2.73. The second-order valence-electron chi connectivity index (χ2n) is 5.02. The molecule has 6 heteroatoms. The minimum atomic E-state index is -0.116. The maximum absolute atomic E-state index is 11.8. The van der Waals surface area contributed by atoms with Crippen LogP contribution in [0.15, 0.2) is 54.3 Å². The monoisotopic (exact) mass is 324 g/mol. The van der Waals surface area contributed by atoms with Gasteiger partial charge >= 0.3 is 0 Å². The van der Waals surface area contributed by atoms with Crippen LogP contribution >= 0.6 is 11.3 Å². The van der Waals surface area contributed by atoms with Gasteiger partial charge in [0.25, 0.3) is 0 Å². The third-order valence-electron chi connectivity index (χ3n) is 3.23. The molecule has 1 amide bonds. The fourth-order valence-electron chi connectivity index (χ4n) is 2.05. The van der Waals surface area contributed by atoms with Crippen LogP contribution in [0.4, 0.5) is 0 Å². The lowest BCUT2D eigenvalue weighted by atomic mass is 10.2. The van der Waals surface area contributed by atoms with E-state index in [1.807, 2.05) is 49.0 Å². The topological polar surface area (TPSA) is 59.8 Å². The second-order valence-corrected chi connectivity index (χ2v) is 6.00. The molecule has 0 spiro atoms. The van der Waals surface area contributed by atoms with Gasteiger partial charge in [-0.3, -0.25) is 14.5 Å². The zero-order valence-corrected chi connectivity index (χ0v) is 13.5. The van der Waals surface area contributed by atoms with Gasteiger partial charge in [-0.2, -0.15) is 5.10 Å². The van der Waals surface area contributed by atoms with Crippen molar-refractivity contribution in [3.8, 4) is 11.3 Å². The fraction of sp³-hybridized carbons (Fsp3) is 0.118. The summed E-state index contributed by atoms with van der Waals surface area (Å²) in [5.41, 5.74) is 2.79. The maximum atomic E-state index is 11.8. The average molecular weight is 324 g/mol. The number of carbonyl (C=O) groups is 1. The standard InChI is InChI=1S/C17H16N4OS/c1-21-12-14(11-20-21)16-6-4-13(9-18-16)10-19-17(22)7-5-15-3-2-8-23-15/h2-9,11-12H,10H2,1H3,(H,19,22). The van der Waals surface area contributed by atoms with Gasteiger partial charge < -0.3 is 5.32 Å². The molecule has 0 aliphatic carbocycles. The summed E-state index contributed by atoms with van der Waals surface area (Å²) >= 11 is 1.60. The highest BCUT2D eigenvalue weighted by atomic mass is 32.1. The van der Waals surface area contributed by atoms with E-state index in [2.05, 4.69) is 15.4 Å². The molecule has 0 fully saturated rings. The smallest absolute Gasteiger partial charge is 0.244 e. The summed E-state index contributed by atoms with van der Waals surface area (Å²) in [5, 5.41) is 8.96. The van der Waals surface area contributed by atoms with Gasteiger partial charge in [-0.1, -0.05) is 12.1 Å². The highest BCUT2D eigenvalue weighted by molar-refractivity contribution is 7.10. The Bertz CT molecular complexity index is 804. The summed E-state index contributed by atoms with van der Waals surface area (Å²) in [7, 11) is 1.87. The molecule has 0 saturated heterocycles. The molecule has 0 bridgehead atoms. The van der Waals surface area contributed by atoms with E-state index in [4.69, 9.17) is 0 Å². The van der Waals surface area contributed by atoms with E-state index >= 15 is 0 Å². The minimum absolute atomic E-state index is 0.116. The van der Waals surface area contributed by atoms with E-state index in [-0.39, 0.29) is 5.91 Å². The largest absolute Gasteiger partial charge is 0.348 e. The molecular formula is C17H16N4OS. The van der Waals surface area contributed by atoms with Crippen LogP contribution in [0.5, 0.6) is 0 Å². The van der Waals surface area contributed by atoms with E-state index < -0.39 is 0 Å². The van der Waals surface area contributed by atoms with E-state index in [0.29, 0.717) is 6.54 Å². The first kappa shape index (κ1) is 15.2. The number of hydrogen-bond donors (Lipinski definition) is 1. The van der Waals surface area contributed by atoms with E-state index in [1.54, 1.807) is 34.5 Å². The Morgan fingerprint density at radius 1 is 1.35 bits per heavy atom. The number of amides is 1. The van der Waals surface area contributed by atoms with E-state index in [0.717, 1.165) is 21.7 Å². The highest BCUT2D eigenvalue weighted by Gasteiger charge is 2.03. The van der Waals surface area contributed by atoms with Gasteiger partial charge in [0.15, 0.2) is 0 Å². The molecule has 5 nitrogen and oxygen atoms in total.